The van der Waals surface area contributed by atoms with E-state index in [0.717, 1.165) is 36.9 Å². The fourth-order valence-corrected chi connectivity index (χ4v) is 2.73. The van der Waals surface area contributed by atoms with E-state index in [2.05, 4.69) is 47.5 Å². The molecule has 3 nitrogen and oxygen atoms in total. The van der Waals surface area contributed by atoms with Gasteiger partial charge in [0.15, 0.2) is 0 Å². The first-order chi connectivity index (χ1) is 9.81. The Balaban J connectivity index is 2.00. The van der Waals surface area contributed by atoms with Crippen LogP contribution in [0.1, 0.15) is 25.3 Å². The molecule has 2 aromatic rings. The van der Waals surface area contributed by atoms with E-state index in [-0.39, 0.29) is 0 Å². The van der Waals surface area contributed by atoms with Gasteiger partial charge < -0.3 is 10.2 Å². The van der Waals surface area contributed by atoms with Crippen LogP contribution in [0.5, 0.6) is 0 Å². The van der Waals surface area contributed by atoms with Crippen molar-refractivity contribution >= 4 is 16.7 Å². The summed E-state index contributed by atoms with van der Waals surface area (Å²) >= 11 is 0. The average Bonchev–Trinajstić information content (AvgIpc) is 3.29. The molecule has 0 unspecified atom stereocenters. The minimum absolute atomic E-state index is 0.885. The van der Waals surface area contributed by atoms with Crippen molar-refractivity contribution in [3.05, 3.63) is 35.9 Å². The number of rotatable bonds is 6. The molecule has 0 spiro atoms. The molecule has 1 aliphatic rings. The highest BCUT2D eigenvalue weighted by Gasteiger charge is 2.24. The molecule has 0 atom stereocenters. The number of nitrogens with zero attached hydrogens (tertiary/aromatic N) is 2. The number of anilines is 1. The molecular formula is C17H23N3. The zero-order valence-corrected chi connectivity index (χ0v) is 12.4. The molecule has 3 heteroatoms. The number of benzene rings is 1. The Labute approximate surface area is 121 Å². The Morgan fingerprint density at radius 3 is 2.80 bits per heavy atom. The molecule has 1 saturated carbocycles. The van der Waals surface area contributed by atoms with Gasteiger partial charge in [0.2, 0.25) is 0 Å². The Morgan fingerprint density at radius 1 is 1.30 bits per heavy atom. The first-order valence-corrected chi connectivity index (χ1v) is 7.60. The molecule has 1 aromatic carbocycles. The van der Waals surface area contributed by atoms with Crippen LogP contribution < -0.4 is 10.2 Å². The molecule has 106 valence electrons. The lowest BCUT2D eigenvalue weighted by Gasteiger charge is -2.23. The quantitative estimate of drug-likeness (QED) is 0.873. The minimum atomic E-state index is 0.885. The lowest BCUT2D eigenvalue weighted by molar-refractivity contribution is 0.731. The molecule has 0 saturated heterocycles. The molecular weight excluding hydrogens is 246 g/mol. The van der Waals surface area contributed by atoms with Crippen molar-refractivity contribution in [1.82, 2.24) is 10.3 Å². The molecule has 0 radical (unpaired) electrons. The predicted molar refractivity (Wildman–Crippen MR) is 85.1 cm³/mol. The van der Waals surface area contributed by atoms with Crippen LogP contribution in [-0.4, -0.2) is 25.1 Å². The lowest BCUT2D eigenvalue weighted by atomic mass is 10.1. The second kappa shape index (κ2) is 5.80. The second-order valence-electron chi connectivity index (χ2n) is 5.67. The van der Waals surface area contributed by atoms with Crippen LogP contribution in [-0.2, 0) is 6.54 Å². The van der Waals surface area contributed by atoms with Gasteiger partial charge in [0.25, 0.3) is 0 Å². The maximum absolute atomic E-state index is 4.87. The van der Waals surface area contributed by atoms with Gasteiger partial charge >= 0.3 is 0 Å². The molecule has 1 aliphatic carbocycles. The zero-order valence-electron chi connectivity index (χ0n) is 12.4. The molecule has 20 heavy (non-hydrogen) atoms. The molecule has 0 aliphatic heterocycles. The first kappa shape index (κ1) is 13.4. The van der Waals surface area contributed by atoms with Gasteiger partial charge in [0.05, 0.1) is 5.52 Å². The molecule has 1 aromatic heterocycles. The normalized spacial score (nSPS) is 14.7. The van der Waals surface area contributed by atoms with Crippen molar-refractivity contribution in [3.8, 4) is 0 Å². The Bertz CT molecular complexity index is 590. The third-order valence-electron chi connectivity index (χ3n) is 4.04. The minimum Gasteiger partial charge on any atom is -0.357 e. The Morgan fingerprint density at radius 2 is 2.10 bits per heavy atom. The Hall–Kier alpha value is -1.61. The summed E-state index contributed by atoms with van der Waals surface area (Å²) in [5, 5.41) is 4.52. The van der Waals surface area contributed by atoms with E-state index in [0.29, 0.717) is 0 Å². The van der Waals surface area contributed by atoms with Crippen LogP contribution in [0.25, 0.3) is 10.9 Å². The predicted octanol–water partition coefficient (Wildman–Crippen LogP) is 3.19. The smallest absolute Gasteiger partial charge is 0.129 e. The second-order valence-corrected chi connectivity index (χ2v) is 5.67. The van der Waals surface area contributed by atoms with Crippen molar-refractivity contribution in [2.75, 3.05) is 25.0 Å². The summed E-state index contributed by atoms with van der Waals surface area (Å²) in [4.78, 5) is 7.29. The zero-order chi connectivity index (χ0) is 13.9. The first-order valence-electron chi connectivity index (χ1n) is 7.60. The third-order valence-corrected chi connectivity index (χ3v) is 4.04. The molecule has 1 fully saturated rings. The molecule has 1 N–H and O–H groups in total. The topological polar surface area (TPSA) is 28.2 Å². The van der Waals surface area contributed by atoms with Gasteiger partial charge in [-0.1, -0.05) is 18.2 Å². The van der Waals surface area contributed by atoms with E-state index in [1.165, 1.54) is 23.8 Å². The number of aromatic nitrogens is 1. The average molecular weight is 269 g/mol. The van der Waals surface area contributed by atoms with Gasteiger partial charge in [-0.15, -0.1) is 0 Å². The summed E-state index contributed by atoms with van der Waals surface area (Å²) < 4.78 is 0. The van der Waals surface area contributed by atoms with Gasteiger partial charge in [0.1, 0.15) is 5.82 Å². The molecule has 3 rings (SSSR count). The fourth-order valence-electron chi connectivity index (χ4n) is 2.73. The SMILES string of the molecule is CCN(CC1CC1)c1cc(CNC)c2ccccc2n1. The van der Waals surface area contributed by atoms with Crippen molar-refractivity contribution in [2.24, 2.45) is 5.92 Å². The maximum Gasteiger partial charge on any atom is 0.129 e. The van der Waals surface area contributed by atoms with Crippen LogP contribution in [0.15, 0.2) is 30.3 Å². The monoisotopic (exact) mass is 269 g/mol. The number of pyridine rings is 1. The van der Waals surface area contributed by atoms with E-state index in [4.69, 9.17) is 4.98 Å². The molecule has 0 bridgehead atoms. The van der Waals surface area contributed by atoms with Gasteiger partial charge in [-0.3, -0.25) is 0 Å². The van der Waals surface area contributed by atoms with E-state index in [1.54, 1.807) is 0 Å². The van der Waals surface area contributed by atoms with Crippen molar-refractivity contribution in [2.45, 2.75) is 26.3 Å². The van der Waals surface area contributed by atoms with E-state index in [1.807, 2.05) is 7.05 Å². The molecule has 0 amide bonds. The number of nitrogens with one attached hydrogen (secondary N) is 1. The van der Waals surface area contributed by atoms with E-state index in [9.17, 15) is 0 Å². The van der Waals surface area contributed by atoms with Crippen molar-refractivity contribution in [3.63, 3.8) is 0 Å². The highest BCUT2D eigenvalue weighted by molar-refractivity contribution is 5.84. The number of hydrogen-bond acceptors (Lipinski definition) is 3. The Kier molecular flexibility index (Phi) is 3.88. The third kappa shape index (κ3) is 2.78. The van der Waals surface area contributed by atoms with E-state index < -0.39 is 0 Å². The lowest BCUT2D eigenvalue weighted by Crippen LogP contribution is -2.26. The summed E-state index contributed by atoms with van der Waals surface area (Å²) in [6, 6.07) is 10.7. The van der Waals surface area contributed by atoms with Crippen LogP contribution in [0, 0.1) is 5.92 Å². The maximum atomic E-state index is 4.87. The van der Waals surface area contributed by atoms with Crippen LogP contribution >= 0.6 is 0 Å². The number of hydrogen-bond donors (Lipinski definition) is 1. The highest BCUT2D eigenvalue weighted by atomic mass is 15.2. The summed E-state index contributed by atoms with van der Waals surface area (Å²) in [7, 11) is 2.00. The van der Waals surface area contributed by atoms with Crippen LogP contribution in [0.2, 0.25) is 0 Å². The summed E-state index contributed by atoms with van der Waals surface area (Å²) in [5.74, 6) is 2.01. The summed E-state index contributed by atoms with van der Waals surface area (Å²) in [5.41, 5.74) is 2.44. The molecule has 1 heterocycles. The van der Waals surface area contributed by atoms with Gasteiger partial charge in [0, 0.05) is 25.0 Å². The number of para-hydroxylation sites is 1. The summed E-state index contributed by atoms with van der Waals surface area (Å²) in [6.07, 6.45) is 2.76. The van der Waals surface area contributed by atoms with E-state index >= 15 is 0 Å². The number of fused-ring (bicyclic) bond motifs is 1. The van der Waals surface area contributed by atoms with Gasteiger partial charge in [-0.2, -0.15) is 0 Å². The van der Waals surface area contributed by atoms with Gasteiger partial charge in [-0.05, 0) is 50.4 Å². The largest absolute Gasteiger partial charge is 0.357 e. The highest BCUT2D eigenvalue weighted by Crippen LogP contribution is 2.32. The van der Waals surface area contributed by atoms with Crippen molar-refractivity contribution in [1.29, 1.82) is 0 Å². The van der Waals surface area contributed by atoms with Crippen molar-refractivity contribution < 1.29 is 0 Å². The van der Waals surface area contributed by atoms with Gasteiger partial charge in [-0.25, -0.2) is 4.98 Å². The van der Waals surface area contributed by atoms with Crippen LogP contribution in [0.4, 0.5) is 5.82 Å². The standard InChI is InChI=1S/C17H23N3/c1-3-20(12-13-8-9-13)17-10-14(11-18-2)15-6-4-5-7-16(15)19-17/h4-7,10,13,18H,3,8-9,11-12H2,1-2H3. The van der Waals surface area contributed by atoms with Crippen LogP contribution in [0.3, 0.4) is 0 Å². The summed E-state index contributed by atoms with van der Waals surface area (Å²) in [6.45, 7) is 5.29. The fraction of sp³-hybridized carbons (Fsp3) is 0.471.